The van der Waals surface area contributed by atoms with Crippen LogP contribution in [0.4, 0.5) is 0 Å². The number of carbonyl (C=O) groups is 3. The molecule has 0 bridgehead atoms. The molecule has 1 aromatic rings. The van der Waals surface area contributed by atoms with Crippen molar-refractivity contribution in [3.63, 3.8) is 0 Å². The molecule has 0 fully saturated rings. The lowest BCUT2D eigenvalue weighted by Gasteiger charge is -2.24. The van der Waals surface area contributed by atoms with Gasteiger partial charge in [0.15, 0.2) is 5.84 Å². The summed E-state index contributed by atoms with van der Waals surface area (Å²) in [6.07, 6.45) is 0. The van der Waals surface area contributed by atoms with Gasteiger partial charge in [0.1, 0.15) is 11.2 Å². The fourth-order valence-corrected chi connectivity index (χ4v) is 2.40. The largest absolute Gasteiger partial charge is 0.478 e. The number of aliphatic imine (C=N–C) groups is 1. The molecular formula is C16H19N3O5. The molecule has 0 aliphatic carbocycles. The van der Waals surface area contributed by atoms with Crippen molar-refractivity contribution in [1.29, 1.82) is 0 Å². The van der Waals surface area contributed by atoms with Crippen molar-refractivity contribution < 1.29 is 24.6 Å². The monoisotopic (exact) mass is 333 g/mol. The molecular weight excluding hydrogens is 314 g/mol. The summed E-state index contributed by atoms with van der Waals surface area (Å²) in [6, 6.07) is 2.64. The zero-order valence-corrected chi connectivity index (χ0v) is 13.9. The predicted octanol–water partition coefficient (Wildman–Crippen LogP) is 0.822. The number of pyridine rings is 1. The second-order valence-corrected chi connectivity index (χ2v) is 6.06. The third-order valence-electron chi connectivity index (χ3n) is 4.18. The maximum absolute atomic E-state index is 12.7. The third-order valence-corrected chi connectivity index (χ3v) is 4.18. The first-order chi connectivity index (χ1) is 11.1. The number of carboxylic acid groups (broad SMARTS) is 1. The normalized spacial score (nSPS) is 20.5. The van der Waals surface area contributed by atoms with E-state index < -0.39 is 29.9 Å². The number of imide groups is 1. The highest BCUT2D eigenvalue weighted by atomic mass is 16.4. The number of carbonyl (C=O) groups excluding carboxylic acids is 2. The van der Waals surface area contributed by atoms with Gasteiger partial charge in [-0.25, -0.2) is 19.7 Å². The van der Waals surface area contributed by atoms with E-state index in [1.54, 1.807) is 20.8 Å². The van der Waals surface area contributed by atoms with Crippen LogP contribution in [-0.2, 0) is 16.2 Å². The van der Waals surface area contributed by atoms with Gasteiger partial charge in [0.25, 0.3) is 5.91 Å². The van der Waals surface area contributed by atoms with Gasteiger partial charge in [0.05, 0.1) is 17.9 Å². The molecule has 1 unspecified atom stereocenters. The molecule has 8 heteroatoms. The van der Waals surface area contributed by atoms with Crippen LogP contribution in [0.5, 0.6) is 0 Å². The van der Waals surface area contributed by atoms with Gasteiger partial charge in [-0.1, -0.05) is 13.8 Å². The summed E-state index contributed by atoms with van der Waals surface area (Å²) in [7, 11) is 0. The van der Waals surface area contributed by atoms with Crippen LogP contribution in [0.1, 0.15) is 49.4 Å². The molecule has 1 aromatic heterocycles. The van der Waals surface area contributed by atoms with Crippen LogP contribution in [0.3, 0.4) is 0 Å². The van der Waals surface area contributed by atoms with E-state index in [0.29, 0.717) is 0 Å². The summed E-state index contributed by atoms with van der Waals surface area (Å²) >= 11 is 0. The van der Waals surface area contributed by atoms with Crippen molar-refractivity contribution in [2.24, 2.45) is 10.9 Å². The minimum Gasteiger partial charge on any atom is -0.478 e. The van der Waals surface area contributed by atoms with E-state index >= 15 is 0 Å². The highest BCUT2D eigenvalue weighted by molar-refractivity contribution is 6.25. The van der Waals surface area contributed by atoms with Gasteiger partial charge >= 0.3 is 5.97 Å². The molecule has 1 atom stereocenters. The van der Waals surface area contributed by atoms with Crippen LogP contribution in [0, 0.1) is 5.92 Å². The van der Waals surface area contributed by atoms with Gasteiger partial charge in [0.2, 0.25) is 5.91 Å². The summed E-state index contributed by atoms with van der Waals surface area (Å²) in [4.78, 5) is 45.5. The van der Waals surface area contributed by atoms with Crippen molar-refractivity contribution in [3.8, 4) is 0 Å². The zero-order valence-electron chi connectivity index (χ0n) is 13.9. The molecule has 0 aromatic carbocycles. The van der Waals surface area contributed by atoms with E-state index in [0.717, 1.165) is 4.90 Å². The lowest BCUT2D eigenvalue weighted by molar-refractivity contribution is -0.140. The first-order valence-electron chi connectivity index (χ1n) is 7.43. The van der Waals surface area contributed by atoms with Crippen LogP contribution in [0.2, 0.25) is 0 Å². The molecule has 0 saturated carbocycles. The van der Waals surface area contributed by atoms with E-state index in [1.165, 1.54) is 19.1 Å². The molecule has 2 amide bonds. The Balaban J connectivity index is 2.74. The number of aromatic carboxylic acids is 1. The Labute approximate surface area is 138 Å². The molecule has 2 heterocycles. The van der Waals surface area contributed by atoms with E-state index in [1.807, 2.05) is 0 Å². The fourth-order valence-electron chi connectivity index (χ4n) is 2.40. The van der Waals surface area contributed by atoms with E-state index in [2.05, 4.69) is 9.98 Å². The SMILES string of the molecule is CC(=O)N1C(=O)C(C)(C(C)C)N=C1c1nc(CO)ccc1C(=O)O. The first-order valence-corrected chi connectivity index (χ1v) is 7.43. The number of amidine groups is 1. The van der Waals surface area contributed by atoms with Crippen LogP contribution < -0.4 is 0 Å². The summed E-state index contributed by atoms with van der Waals surface area (Å²) in [5.74, 6) is -2.67. The number of nitrogens with zero attached hydrogens (tertiary/aromatic N) is 3. The van der Waals surface area contributed by atoms with Crippen molar-refractivity contribution in [2.45, 2.75) is 39.8 Å². The lowest BCUT2D eigenvalue weighted by atomic mass is 9.89. The highest BCUT2D eigenvalue weighted by Gasteiger charge is 2.49. The van der Waals surface area contributed by atoms with Gasteiger partial charge in [-0.05, 0) is 25.0 Å². The van der Waals surface area contributed by atoms with E-state index in [9.17, 15) is 24.6 Å². The molecule has 1 aliphatic rings. The fraction of sp³-hybridized carbons (Fsp3) is 0.438. The Hall–Kier alpha value is -2.61. The third kappa shape index (κ3) is 2.69. The number of carboxylic acids is 1. The molecule has 8 nitrogen and oxygen atoms in total. The molecule has 1 aliphatic heterocycles. The van der Waals surface area contributed by atoms with Crippen molar-refractivity contribution >= 4 is 23.6 Å². The molecule has 0 saturated heterocycles. The first kappa shape index (κ1) is 17.7. The molecule has 24 heavy (non-hydrogen) atoms. The van der Waals surface area contributed by atoms with Gasteiger partial charge in [-0.2, -0.15) is 0 Å². The summed E-state index contributed by atoms with van der Waals surface area (Å²) in [5, 5.41) is 18.6. The molecule has 128 valence electrons. The zero-order chi connectivity index (χ0) is 18.2. The Morgan fingerprint density at radius 1 is 1.33 bits per heavy atom. The number of hydrogen-bond donors (Lipinski definition) is 2. The highest BCUT2D eigenvalue weighted by Crippen LogP contribution is 2.32. The van der Waals surface area contributed by atoms with Crippen LogP contribution in [-0.4, -0.2) is 49.3 Å². The van der Waals surface area contributed by atoms with Crippen molar-refractivity contribution in [2.75, 3.05) is 0 Å². The molecule has 2 rings (SSSR count). The smallest absolute Gasteiger partial charge is 0.338 e. The second-order valence-electron chi connectivity index (χ2n) is 6.06. The van der Waals surface area contributed by atoms with Crippen molar-refractivity contribution in [1.82, 2.24) is 9.88 Å². The number of rotatable bonds is 4. The Kier molecular flexibility index (Phi) is 4.52. The number of hydrogen-bond acceptors (Lipinski definition) is 6. The average Bonchev–Trinajstić information content (AvgIpc) is 2.79. The predicted molar refractivity (Wildman–Crippen MR) is 84.4 cm³/mol. The quantitative estimate of drug-likeness (QED) is 0.842. The summed E-state index contributed by atoms with van der Waals surface area (Å²) in [6.45, 7) is 5.97. The molecule has 0 spiro atoms. The van der Waals surface area contributed by atoms with Gasteiger partial charge in [-0.15, -0.1) is 0 Å². The summed E-state index contributed by atoms with van der Waals surface area (Å²) < 4.78 is 0. The van der Waals surface area contributed by atoms with E-state index in [4.69, 9.17) is 0 Å². The lowest BCUT2D eigenvalue weighted by Crippen LogP contribution is -2.46. The van der Waals surface area contributed by atoms with Crippen molar-refractivity contribution in [3.05, 3.63) is 29.1 Å². The maximum atomic E-state index is 12.7. The Morgan fingerprint density at radius 2 is 1.96 bits per heavy atom. The number of aromatic nitrogens is 1. The minimum atomic E-state index is -1.27. The number of amides is 2. The maximum Gasteiger partial charge on any atom is 0.338 e. The molecule has 0 radical (unpaired) electrons. The Morgan fingerprint density at radius 3 is 2.42 bits per heavy atom. The van der Waals surface area contributed by atoms with Crippen LogP contribution in [0.15, 0.2) is 17.1 Å². The van der Waals surface area contributed by atoms with Crippen LogP contribution >= 0.6 is 0 Å². The molecule has 2 N–H and O–H groups in total. The number of aliphatic hydroxyl groups excluding tert-OH is 1. The Bertz CT molecular complexity index is 756. The van der Waals surface area contributed by atoms with Crippen LogP contribution in [0.25, 0.3) is 0 Å². The van der Waals surface area contributed by atoms with Gasteiger partial charge < -0.3 is 10.2 Å². The average molecular weight is 333 g/mol. The van der Waals surface area contributed by atoms with E-state index in [-0.39, 0.29) is 28.7 Å². The van der Waals surface area contributed by atoms with Gasteiger partial charge in [-0.3, -0.25) is 9.59 Å². The minimum absolute atomic E-state index is 0.101. The standard InChI is InChI=1S/C16H19N3O5/c1-8(2)16(4)15(24)19(9(3)21)13(18-16)12-11(14(22)23)6-5-10(7-20)17-12/h5-6,8,20H,7H2,1-4H3,(H,22,23). The topological polar surface area (TPSA) is 120 Å². The van der Waals surface area contributed by atoms with Gasteiger partial charge in [0, 0.05) is 6.92 Å². The number of aliphatic hydroxyl groups is 1. The summed E-state index contributed by atoms with van der Waals surface area (Å²) in [5.41, 5.74) is -1.28. The second kappa shape index (κ2) is 6.12.